The minimum atomic E-state index is 1.02. The molecule has 77 heavy (non-hydrogen) atoms. The normalized spacial score (nSPS) is 12.7. The average Bonchev–Trinajstić information content (AvgIpc) is 3.70. The Balaban J connectivity index is 0.000000572. The molecule has 446 valence electrons. The molecule has 0 N–H and O–H groups in total. The van der Waals surface area contributed by atoms with Gasteiger partial charge in [0.15, 0.2) is 0 Å². The van der Waals surface area contributed by atoms with Crippen LogP contribution in [-0.4, -0.2) is 4.70 Å². The van der Waals surface area contributed by atoms with Crippen LogP contribution in [0.2, 0.25) is 10.8 Å². The molecule has 3 heteroatoms. The second-order valence-electron chi connectivity index (χ2n) is 23.9. The average molecular weight is 1110 g/mol. The van der Waals surface area contributed by atoms with Crippen molar-refractivity contribution in [3.05, 3.63) is 85.5 Å². The third-order valence-electron chi connectivity index (χ3n) is 16.6. The number of rotatable bonds is 50. The first-order chi connectivity index (χ1) is 37.8. The van der Waals surface area contributed by atoms with E-state index in [9.17, 15) is 5.53 Å². The molecule has 0 radical (unpaired) electrons. The molecule has 0 saturated heterocycles. The Kier molecular flexibility index (Phi) is 45.0. The SMILES string of the molecule is CCCCCCC1=C(c2cc(CCC)c(CCC)c(CCC)c2)[N+](=[N-])C(c2cc(CCC)c(CCC)c(CCC)c2)=C1CCCC.CCCCCCCCCCCCCC[CH2][Ni][CH2]CCCCCCCCCCCCCC. The van der Waals surface area contributed by atoms with Crippen LogP contribution in [0, 0.1) is 0 Å². The van der Waals surface area contributed by atoms with Crippen LogP contribution in [-0.2, 0) is 53.0 Å². The van der Waals surface area contributed by atoms with Crippen molar-refractivity contribution in [2.24, 2.45) is 0 Å². The van der Waals surface area contributed by atoms with Crippen molar-refractivity contribution >= 4 is 11.4 Å². The Labute approximate surface area is 488 Å². The number of hydrogen-bond donors (Lipinski definition) is 0. The molecule has 1 aliphatic rings. The van der Waals surface area contributed by atoms with Crippen LogP contribution >= 0.6 is 0 Å². The molecule has 1 aliphatic heterocycles. The molecule has 0 bridgehead atoms. The number of unbranched alkanes of at least 4 members (excludes halogenated alkanes) is 28. The second kappa shape index (κ2) is 48.7. The summed E-state index contributed by atoms with van der Waals surface area (Å²) in [6.45, 7) is 23.1. The summed E-state index contributed by atoms with van der Waals surface area (Å²) in [5.41, 5.74) is 29.1. The van der Waals surface area contributed by atoms with Crippen molar-refractivity contribution in [2.75, 3.05) is 0 Å². The molecule has 2 aromatic carbocycles. The van der Waals surface area contributed by atoms with Crippen molar-refractivity contribution in [1.82, 2.24) is 0 Å². The molecule has 0 aromatic heterocycles. The van der Waals surface area contributed by atoms with Gasteiger partial charge in [-0.3, -0.25) is 0 Å². The Morgan fingerprint density at radius 3 is 0.792 bits per heavy atom. The Morgan fingerprint density at radius 2 is 0.519 bits per heavy atom. The summed E-state index contributed by atoms with van der Waals surface area (Å²) in [7, 11) is 0. The summed E-state index contributed by atoms with van der Waals surface area (Å²) in [6, 6.07) is 9.86. The van der Waals surface area contributed by atoms with E-state index in [4.69, 9.17) is 0 Å². The fourth-order valence-corrected chi connectivity index (χ4v) is 13.5. The van der Waals surface area contributed by atoms with Crippen LogP contribution in [0.4, 0.5) is 0 Å². The van der Waals surface area contributed by atoms with Crippen LogP contribution < -0.4 is 0 Å². The van der Waals surface area contributed by atoms with E-state index in [1.54, 1.807) is 15.8 Å². The van der Waals surface area contributed by atoms with E-state index >= 15 is 0 Å². The quantitative estimate of drug-likeness (QED) is 0.0358. The molecule has 0 fully saturated rings. The zero-order valence-corrected chi connectivity index (χ0v) is 54.4. The summed E-state index contributed by atoms with van der Waals surface area (Å²) in [5.74, 6) is 0. The van der Waals surface area contributed by atoms with Crippen LogP contribution in [0.15, 0.2) is 35.4 Å². The van der Waals surface area contributed by atoms with Crippen molar-refractivity contribution < 1.29 is 19.1 Å². The molecule has 2 nitrogen and oxygen atoms in total. The predicted octanol–water partition coefficient (Wildman–Crippen LogP) is 25.8. The van der Waals surface area contributed by atoms with E-state index in [2.05, 4.69) is 93.5 Å². The third kappa shape index (κ3) is 29.5. The van der Waals surface area contributed by atoms with Crippen molar-refractivity contribution in [3.8, 4) is 0 Å². The molecule has 0 spiro atoms. The molecule has 0 aliphatic carbocycles. The first-order valence-electron chi connectivity index (χ1n) is 34.6. The molecule has 2 aromatic rings. The van der Waals surface area contributed by atoms with Gasteiger partial charge in [-0.1, -0.05) is 159 Å². The van der Waals surface area contributed by atoms with Gasteiger partial charge in [0, 0.05) is 22.3 Å². The number of benzene rings is 2. The van der Waals surface area contributed by atoms with Gasteiger partial charge in [0.25, 0.3) is 0 Å². The van der Waals surface area contributed by atoms with Gasteiger partial charge >= 0.3 is 166 Å². The summed E-state index contributed by atoms with van der Waals surface area (Å²) in [4.78, 5) is 0. The number of nitrogens with zero attached hydrogens (tertiary/aromatic N) is 2. The summed E-state index contributed by atoms with van der Waals surface area (Å²) in [6.07, 6.45) is 61.2. The van der Waals surface area contributed by atoms with Crippen LogP contribution in [0.25, 0.3) is 16.9 Å². The molecular weight excluding hydrogens is 976 g/mol. The Hall–Kier alpha value is -1.99. The van der Waals surface area contributed by atoms with Crippen molar-refractivity contribution in [3.63, 3.8) is 0 Å². The van der Waals surface area contributed by atoms with Gasteiger partial charge in [0.1, 0.15) is 0 Å². The minimum Gasteiger partial charge on any atom is -0.0654 e. The monoisotopic (exact) mass is 1100 g/mol. The van der Waals surface area contributed by atoms with E-state index in [1.807, 2.05) is 14.4 Å². The molecular formula is C74H130N2Ni. The number of aryl methyl sites for hydroxylation is 4. The predicted molar refractivity (Wildman–Crippen MR) is 344 cm³/mol. The second-order valence-corrected chi connectivity index (χ2v) is 25.4. The smallest absolute Gasteiger partial charge is 0.0654 e. The molecule has 0 unspecified atom stereocenters. The van der Waals surface area contributed by atoms with Crippen LogP contribution in [0.3, 0.4) is 0 Å². The van der Waals surface area contributed by atoms with Crippen molar-refractivity contribution in [1.29, 1.82) is 0 Å². The van der Waals surface area contributed by atoms with Gasteiger partial charge in [0.05, 0.1) is 0 Å². The van der Waals surface area contributed by atoms with Crippen LogP contribution in [0.5, 0.6) is 0 Å². The standard InChI is InChI=1S/C44H68N2.2C15H31.Ni/c1-9-17-19-20-28-42-41(27-18-10-2)43(37-29-33(21-11-3)39(25-15-7)34(30-37)22-12-4)46(45)44(42)38-31-35(23-13-5)40(26-16-8)36(32-38)24-14-6;2*1-3-5-7-9-11-13-15-14-12-10-8-6-4-2;/h29-32H,9-28H2,1-8H3;2*1,3-15H2,2H3;. The van der Waals surface area contributed by atoms with Gasteiger partial charge in [0.2, 0.25) is 11.4 Å². The van der Waals surface area contributed by atoms with E-state index < -0.39 is 0 Å². The maximum atomic E-state index is 12.5. The van der Waals surface area contributed by atoms with Gasteiger partial charge in [-0.15, -0.1) is 0 Å². The first kappa shape index (κ1) is 71.1. The zero-order chi connectivity index (χ0) is 56.0. The zero-order valence-electron chi connectivity index (χ0n) is 53.5. The van der Waals surface area contributed by atoms with E-state index in [0.29, 0.717) is 0 Å². The first-order valence-corrected chi connectivity index (χ1v) is 36.0. The molecule has 1 heterocycles. The summed E-state index contributed by atoms with van der Waals surface area (Å²) >= 11 is 2.04. The van der Waals surface area contributed by atoms with Crippen LogP contribution in [0.1, 0.15) is 371 Å². The Bertz CT molecular complexity index is 1750. The number of allylic oxidation sites excluding steroid dienone is 2. The maximum absolute atomic E-state index is 12.5. The van der Waals surface area contributed by atoms with Gasteiger partial charge < -0.3 is 5.53 Å². The molecule has 0 atom stereocenters. The van der Waals surface area contributed by atoms with Crippen molar-refractivity contribution in [2.45, 2.75) is 375 Å². The fraction of sp³-hybridized carbons (Fsp3) is 0.784. The van der Waals surface area contributed by atoms with Gasteiger partial charge in [-0.25, -0.2) is 4.70 Å². The third-order valence-corrected chi connectivity index (χ3v) is 18.0. The van der Waals surface area contributed by atoms with Gasteiger partial charge in [-0.05, 0) is 122 Å². The minimum absolute atomic E-state index is 1.02. The summed E-state index contributed by atoms with van der Waals surface area (Å²) in [5, 5.41) is 2.87. The fourth-order valence-electron chi connectivity index (χ4n) is 12.3. The topological polar surface area (TPSA) is 25.3 Å². The number of hydrogen-bond acceptors (Lipinski definition) is 0. The molecule has 0 saturated carbocycles. The Morgan fingerprint density at radius 1 is 0.273 bits per heavy atom. The molecule has 3 rings (SSSR count). The van der Waals surface area contributed by atoms with E-state index in [0.717, 1.165) is 101 Å². The molecule has 0 amide bonds. The van der Waals surface area contributed by atoms with E-state index in [-0.39, 0.29) is 0 Å². The van der Waals surface area contributed by atoms with Gasteiger partial charge in [-0.2, -0.15) is 0 Å². The van der Waals surface area contributed by atoms with E-state index in [1.165, 1.54) is 261 Å². The summed E-state index contributed by atoms with van der Waals surface area (Å²) < 4.78 is 1.67.